The van der Waals surface area contributed by atoms with Gasteiger partial charge in [-0.1, -0.05) is 6.07 Å². The van der Waals surface area contributed by atoms with E-state index in [9.17, 15) is 9.59 Å². The van der Waals surface area contributed by atoms with E-state index in [0.717, 1.165) is 16.8 Å². The van der Waals surface area contributed by atoms with Crippen LogP contribution in [-0.2, 0) is 9.59 Å². The van der Waals surface area contributed by atoms with Crippen LogP contribution in [0.2, 0.25) is 0 Å². The molecule has 1 aromatic rings. The number of hydrogen-bond acceptors (Lipinski definition) is 2. The molecule has 1 heterocycles. The summed E-state index contributed by atoms with van der Waals surface area (Å²) in [7, 11) is 0. The SMILES string of the molecule is Cc1cc(C)cc(N2CC(C(=O)Cl)CC2=O)c1. The lowest BCUT2D eigenvalue weighted by molar-refractivity contribution is -0.120. The minimum Gasteiger partial charge on any atom is -0.312 e. The third-order valence-corrected chi connectivity index (χ3v) is 3.27. The Balaban J connectivity index is 2.28. The molecule has 17 heavy (non-hydrogen) atoms. The molecule has 1 atom stereocenters. The Morgan fingerprint density at radius 1 is 1.29 bits per heavy atom. The van der Waals surface area contributed by atoms with Gasteiger partial charge in [0.05, 0.1) is 5.92 Å². The van der Waals surface area contributed by atoms with Crippen molar-refractivity contribution in [3.63, 3.8) is 0 Å². The number of hydrogen-bond donors (Lipinski definition) is 0. The third kappa shape index (κ3) is 2.50. The molecule has 1 aromatic carbocycles. The van der Waals surface area contributed by atoms with Gasteiger partial charge < -0.3 is 4.90 Å². The van der Waals surface area contributed by atoms with Gasteiger partial charge >= 0.3 is 0 Å². The van der Waals surface area contributed by atoms with Gasteiger partial charge in [-0.05, 0) is 48.7 Å². The molecule has 1 amide bonds. The molecule has 2 rings (SSSR count). The number of benzene rings is 1. The summed E-state index contributed by atoms with van der Waals surface area (Å²) in [6.07, 6.45) is 0.218. The Morgan fingerprint density at radius 2 is 1.88 bits per heavy atom. The number of anilines is 1. The molecule has 0 bridgehead atoms. The molecule has 90 valence electrons. The van der Waals surface area contributed by atoms with E-state index in [1.165, 1.54) is 0 Å². The highest BCUT2D eigenvalue weighted by Gasteiger charge is 2.34. The lowest BCUT2D eigenvalue weighted by atomic mass is 10.1. The maximum Gasteiger partial charge on any atom is 0.227 e. The van der Waals surface area contributed by atoms with Crippen LogP contribution in [0, 0.1) is 19.8 Å². The van der Waals surface area contributed by atoms with E-state index in [4.69, 9.17) is 11.6 Å². The van der Waals surface area contributed by atoms with Crippen molar-refractivity contribution in [2.75, 3.05) is 11.4 Å². The quantitative estimate of drug-likeness (QED) is 0.757. The number of amides is 1. The first kappa shape index (κ1) is 12.1. The highest BCUT2D eigenvalue weighted by Crippen LogP contribution is 2.27. The van der Waals surface area contributed by atoms with Gasteiger partial charge in [0.25, 0.3) is 0 Å². The number of aryl methyl sites for hydroxylation is 2. The van der Waals surface area contributed by atoms with Crippen LogP contribution in [0.25, 0.3) is 0 Å². The van der Waals surface area contributed by atoms with Crippen molar-refractivity contribution >= 4 is 28.4 Å². The number of carbonyl (C=O) groups excluding carboxylic acids is 2. The molecule has 1 fully saturated rings. The molecule has 4 heteroatoms. The lowest BCUT2D eigenvalue weighted by Gasteiger charge is -2.17. The summed E-state index contributed by atoms with van der Waals surface area (Å²) in [5.74, 6) is -0.404. The van der Waals surface area contributed by atoms with Crippen LogP contribution >= 0.6 is 11.6 Å². The molecule has 0 saturated carbocycles. The Hall–Kier alpha value is -1.35. The van der Waals surface area contributed by atoms with Gasteiger partial charge in [-0.15, -0.1) is 0 Å². The van der Waals surface area contributed by atoms with Gasteiger partial charge in [0.1, 0.15) is 0 Å². The Bertz CT molecular complexity index is 464. The predicted octanol–water partition coefficient (Wildman–Crippen LogP) is 2.42. The Labute approximate surface area is 105 Å². The first-order valence-corrected chi connectivity index (χ1v) is 5.93. The van der Waals surface area contributed by atoms with Crippen molar-refractivity contribution in [2.24, 2.45) is 5.92 Å². The smallest absolute Gasteiger partial charge is 0.227 e. The van der Waals surface area contributed by atoms with E-state index in [0.29, 0.717) is 6.54 Å². The minimum atomic E-state index is -0.426. The molecule has 0 N–H and O–H groups in total. The van der Waals surface area contributed by atoms with Crippen LogP contribution in [-0.4, -0.2) is 17.7 Å². The molecular formula is C13H14ClNO2. The molecule has 1 saturated heterocycles. The maximum absolute atomic E-state index is 11.8. The van der Waals surface area contributed by atoms with Crippen molar-refractivity contribution in [3.8, 4) is 0 Å². The van der Waals surface area contributed by atoms with Crippen LogP contribution in [0.5, 0.6) is 0 Å². The summed E-state index contributed by atoms with van der Waals surface area (Å²) < 4.78 is 0. The first-order valence-electron chi connectivity index (χ1n) is 5.55. The van der Waals surface area contributed by atoms with E-state index in [1.54, 1.807) is 4.90 Å². The van der Waals surface area contributed by atoms with Gasteiger partial charge in [-0.3, -0.25) is 9.59 Å². The van der Waals surface area contributed by atoms with Gasteiger partial charge in [0.2, 0.25) is 11.1 Å². The summed E-state index contributed by atoms with van der Waals surface area (Å²) >= 11 is 5.45. The van der Waals surface area contributed by atoms with Crippen molar-refractivity contribution in [1.82, 2.24) is 0 Å². The zero-order valence-electron chi connectivity index (χ0n) is 9.87. The molecular weight excluding hydrogens is 238 g/mol. The zero-order chi connectivity index (χ0) is 12.6. The van der Waals surface area contributed by atoms with E-state index in [1.807, 2.05) is 32.0 Å². The van der Waals surface area contributed by atoms with Crippen molar-refractivity contribution < 1.29 is 9.59 Å². The van der Waals surface area contributed by atoms with Crippen LogP contribution in [0.15, 0.2) is 18.2 Å². The lowest BCUT2D eigenvalue weighted by Crippen LogP contribution is -2.25. The number of halogens is 1. The highest BCUT2D eigenvalue weighted by atomic mass is 35.5. The van der Waals surface area contributed by atoms with Crippen molar-refractivity contribution in [1.29, 1.82) is 0 Å². The zero-order valence-corrected chi connectivity index (χ0v) is 10.6. The summed E-state index contributed by atoms with van der Waals surface area (Å²) in [5, 5.41) is -0.426. The maximum atomic E-state index is 11.8. The Kier molecular flexibility index (Phi) is 3.20. The van der Waals surface area contributed by atoms with Crippen LogP contribution in [0.3, 0.4) is 0 Å². The normalized spacial score (nSPS) is 19.8. The summed E-state index contributed by atoms with van der Waals surface area (Å²) in [6.45, 7) is 4.37. The first-order chi connectivity index (χ1) is 7.97. The monoisotopic (exact) mass is 251 g/mol. The predicted molar refractivity (Wildman–Crippen MR) is 67.2 cm³/mol. The van der Waals surface area contributed by atoms with Gasteiger partial charge in [0, 0.05) is 18.7 Å². The van der Waals surface area contributed by atoms with Crippen LogP contribution in [0.4, 0.5) is 5.69 Å². The molecule has 1 unspecified atom stereocenters. The second-order valence-corrected chi connectivity index (χ2v) is 4.93. The average Bonchev–Trinajstić information content (AvgIpc) is 2.59. The fourth-order valence-corrected chi connectivity index (χ4v) is 2.36. The number of nitrogens with zero attached hydrogens (tertiary/aromatic N) is 1. The summed E-state index contributed by atoms with van der Waals surface area (Å²) in [6, 6.07) is 5.95. The van der Waals surface area contributed by atoms with E-state index in [-0.39, 0.29) is 18.2 Å². The topological polar surface area (TPSA) is 37.4 Å². The largest absolute Gasteiger partial charge is 0.312 e. The van der Waals surface area contributed by atoms with Crippen molar-refractivity contribution in [2.45, 2.75) is 20.3 Å². The summed E-state index contributed by atoms with van der Waals surface area (Å²) in [4.78, 5) is 24.6. The minimum absolute atomic E-state index is 0.0333. The fraction of sp³-hybridized carbons (Fsp3) is 0.385. The van der Waals surface area contributed by atoms with Gasteiger partial charge in [0.15, 0.2) is 0 Å². The van der Waals surface area contributed by atoms with Crippen LogP contribution < -0.4 is 4.90 Å². The third-order valence-electron chi connectivity index (χ3n) is 2.96. The number of carbonyl (C=O) groups is 2. The Morgan fingerprint density at radius 3 is 2.35 bits per heavy atom. The molecule has 0 radical (unpaired) electrons. The van der Waals surface area contributed by atoms with Crippen LogP contribution in [0.1, 0.15) is 17.5 Å². The second kappa shape index (κ2) is 4.49. The average molecular weight is 252 g/mol. The van der Waals surface area contributed by atoms with E-state index >= 15 is 0 Å². The molecule has 0 aromatic heterocycles. The standard InChI is InChI=1S/C13H14ClNO2/c1-8-3-9(2)5-11(4-8)15-7-10(13(14)17)6-12(15)16/h3-5,10H,6-7H2,1-2H3. The van der Waals surface area contributed by atoms with Gasteiger partial charge in [-0.25, -0.2) is 0 Å². The highest BCUT2D eigenvalue weighted by molar-refractivity contribution is 6.64. The van der Waals surface area contributed by atoms with E-state index in [2.05, 4.69) is 0 Å². The second-order valence-electron chi connectivity index (χ2n) is 4.56. The molecule has 3 nitrogen and oxygen atoms in total. The van der Waals surface area contributed by atoms with Gasteiger partial charge in [-0.2, -0.15) is 0 Å². The molecule has 0 aliphatic carbocycles. The summed E-state index contributed by atoms with van der Waals surface area (Å²) in [5.41, 5.74) is 3.06. The van der Waals surface area contributed by atoms with Crippen molar-refractivity contribution in [3.05, 3.63) is 29.3 Å². The molecule has 1 aliphatic rings. The van der Waals surface area contributed by atoms with E-state index < -0.39 is 5.24 Å². The molecule has 1 aliphatic heterocycles. The number of rotatable bonds is 2. The molecule has 0 spiro atoms. The fourth-order valence-electron chi connectivity index (χ4n) is 2.22.